The minimum atomic E-state index is -4.33. The van der Waals surface area contributed by atoms with E-state index in [4.69, 9.17) is 0 Å². The SMILES string of the molecule is O=c1cc[nH]c2[nH]cc(Cc3ccc(NCc4ccc(C(F)(F)F)cc4)nc3)c12. The predicted molar refractivity (Wildman–Crippen MR) is 105 cm³/mol. The van der Waals surface area contributed by atoms with E-state index in [2.05, 4.69) is 20.3 Å². The number of H-pyrrole nitrogens is 2. The Balaban J connectivity index is 1.41. The van der Waals surface area contributed by atoms with Gasteiger partial charge in [0.15, 0.2) is 5.43 Å². The lowest BCUT2D eigenvalue weighted by molar-refractivity contribution is -0.137. The van der Waals surface area contributed by atoms with E-state index in [1.807, 2.05) is 6.07 Å². The summed E-state index contributed by atoms with van der Waals surface area (Å²) >= 11 is 0. The van der Waals surface area contributed by atoms with Crippen molar-refractivity contribution in [2.75, 3.05) is 5.32 Å². The number of hydrogen-bond donors (Lipinski definition) is 3. The maximum absolute atomic E-state index is 12.6. The van der Waals surface area contributed by atoms with Crippen LogP contribution in [-0.4, -0.2) is 15.0 Å². The van der Waals surface area contributed by atoms with Gasteiger partial charge in [-0.15, -0.1) is 0 Å². The molecular weight excluding hydrogens is 381 g/mol. The molecule has 4 rings (SSSR count). The van der Waals surface area contributed by atoms with Crippen LogP contribution in [0.1, 0.15) is 22.3 Å². The largest absolute Gasteiger partial charge is 0.416 e. The zero-order chi connectivity index (χ0) is 20.4. The average Bonchev–Trinajstić information content (AvgIpc) is 3.11. The molecule has 29 heavy (non-hydrogen) atoms. The van der Waals surface area contributed by atoms with Gasteiger partial charge in [-0.05, 0) is 34.9 Å². The number of anilines is 1. The van der Waals surface area contributed by atoms with Crippen LogP contribution in [0.5, 0.6) is 0 Å². The number of fused-ring (bicyclic) bond motifs is 1. The van der Waals surface area contributed by atoms with Crippen LogP contribution in [0.3, 0.4) is 0 Å². The molecule has 0 bridgehead atoms. The number of aromatic nitrogens is 3. The van der Waals surface area contributed by atoms with Crippen molar-refractivity contribution in [3.05, 3.63) is 93.5 Å². The topological polar surface area (TPSA) is 73.6 Å². The molecule has 3 N–H and O–H groups in total. The zero-order valence-electron chi connectivity index (χ0n) is 15.2. The second kappa shape index (κ2) is 7.46. The number of aromatic amines is 2. The summed E-state index contributed by atoms with van der Waals surface area (Å²) < 4.78 is 37.8. The van der Waals surface area contributed by atoms with E-state index >= 15 is 0 Å². The summed E-state index contributed by atoms with van der Waals surface area (Å²) in [5.41, 5.74) is 2.53. The third kappa shape index (κ3) is 4.16. The van der Waals surface area contributed by atoms with Crippen LogP contribution >= 0.6 is 0 Å². The van der Waals surface area contributed by atoms with Crippen molar-refractivity contribution >= 4 is 16.9 Å². The Morgan fingerprint density at radius 1 is 0.966 bits per heavy atom. The molecule has 0 fully saturated rings. The van der Waals surface area contributed by atoms with Crippen LogP contribution in [0.4, 0.5) is 19.0 Å². The van der Waals surface area contributed by atoms with Crippen LogP contribution in [0.15, 0.2) is 65.8 Å². The lowest BCUT2D eigenvalue weighted by atomic mass is 10.1. The van der Waals surface area contributed by atoms with Crippen molar-refractivity contribution in [2.45, 2.75) is 19.1 Å². The third-order valence-electron chi connectivity index (χ3n) is 4.64. The smallest absolute Gasteiger partial charge is 0.366 e. The molecule has 3 aromatic heterocycles. The lowest BCUT2D eigenvalue weighted by Crippen LogP contribution is -2.06. The Labute approximate surface area is 163 Å². The second-order valence-corrected chi connectivity index (χ2v) is 6.68. The molecule has 0 saturated heterocycles. The van der Waals surface area contributed by atoms with Crippen molar-refractivity contribution in [2.24, 2.45) is 0 Å². The van der Waals surface area contributed by atoms with Gasteiger partial charge in [-0.1, -0.05) is 18.2 Å². The summed E-state index contributed by atoms with van der Waals surface area (Å²) in [6.45, 7) is 0.363. The summed E-state index contributed by atoms with van der Waals surface area (Å²) in [7, 11) is 0. The van der Waals surface area contributed by atoms with E-state index in [0.717, 1.165) is 28.8 Å². The highest BCUT2D eigenvalue weighted by molar-refractivity contribution is 5.79. The first-order valence-corrected chi connectivity index (χ1v) is 8.93. The van der Waals surface area contributed by atoms with E-state index in [9.17, 15) is 18.0 Å². The molecule has 3 heterocycles. The molecule has 5 nitrogen and oxygen atoms in total. The van der Waals surface area contributed by atoms with Gasteiger partial charge in [-0.3, -0.25) is 4.79 Å². The molecule has 0 radical (unpaired) electrons. The molecular formula is C21H17F3N4O. The fourth-order valence-electron chi connectivity index (χ4n) is 3.14. The fraction of sp³-hybridized carbons (Fsp3) is 0.143. The van der Waals surface area contributed by atoms with Crippen LogP contribution in [-0.2, 0) is 19.1 Å². The van der Waals surface area contributed by atoms with Crippen LogP contribution in [0, 0.1) is 0 Å². The van der Waals surface area contributed by atoms with E-state index in [-0.39, 0.29) is 5.43 Å². The minimum Gasteiger partial charge on any atom is -0.366 e. The van der Waals surface area contributed by atoms with E-state index in [1.54, 1.807) is 24.7 Å². The summed E-state index contributed by atoms with van der Waals surface area (Å²) in [4.78, 5) is 22.5. The highest BCUT2D eigenvalue weighted by Crippen LogP contribution is 2.29. The Hall–Kier alpha value is -3.55. The van der Waals surface area contributed by atoms with E-state index in [1.165, 1.54) is 18.2 Å². The average molecular weight is 398 g/mol. The highest BCUT2D eigenvalue weighted by atomic mass is 19.4. The first kappa shape index (κ1) is 18.8. The van der Waals surface area contributed by atoms with Gasteiger partial charge in [0, 0.05) is 37.6 Å². The molecule has 0 unspecified atom stereocenters. The molecule has 4 aromatic rings. The number of halogens is 3. The maximum atomic E-state index is 12.6. The quantitative estimate of drug-likeness (QED) is 0.464. The van der Waals surface area contributed by atoms with Crippen molar-refractivity contribution in [1.29, 1.82) is 0 Å². The second-order valence-electron chi connectivity index (χ2n) is 6.68. The van der Waals surface area contributed by atoms with Gasteiger partial charge in [-0.2, -0.15) is 13.2 Å². The molecule has 0 saturated carbocycles. The Morgan fingerprint density at radius 2 is 1.72 bits per heavy atom. The number of benzene rings is 1. The van der Waals surface area contributed by atoms with E-state index in [0.29, 0.717) is 29.8 Å². The predicted octanol–water partition coefficient (Wildman–Crippen LogP) is 4.47. The molecule has 0 atom stereocenters. The van der Waals surface area contributed by atoms with Gasteiger partial charge >= 0.3 is 6.18 Å². The van der Waals surface area contributed by atoms with Crippen molar-refractivity contribution in [3.63, 3.8) is 0 Å². The monoisotopic (exact) mass is 398 g/mol. The number of nitrogens with one attached hydrogen (secondary N) is 3. The normalized spacial score (nSPS) is 11.7. The summed E-state index contributed by atoms with van der Waals surface area (Å²) in [6, 6.07) is 10.2. The number of rotatable bonds is 5. The van der Waals surface area contributed by atoms with Crippen molar-refractivity contribution in [3.8, 4) is 0 Å². The third-order valence-corrected chi connectivity index (χ3v) is 4.64. The molecule has 0 aliphatic heterocycles. The van der Waals surface area contributed by atoms with Gasteiger partial charge in [0.25, 0.3) is 0 Å². The molecule has 0 aliphatic rings. The molecule has 1 aromatic carbocycles. The van der Waals surface area contributed by atoms with Gasteiger partial charge in [0.2, 0.25) is 0 Å². The number of alkyl halides is 3. The molecule has 0 aliphatic carbocycles. The Kier molecular flexibility index (Phi) is 4.84. The lowest BCUT2D eigenvalue weighted by Gasteiger charge is -2.09. The molecule has 0 amide bonds. The number of pyridine rings is 2. The minimum absolute atomic E-state index is 0.0437. The Bertz CT molecular complexity index is 1180. The van der Waals surface area contributed by atoms with Crippen molar-refractivity contribution < 1.29 is 13.2 Å². The molecule has 0 spiro atoms. The van der Waals surface area contributed by atoms with Gasteiger partial charge < -0.3 is 15.3 Å². The molecule has 148 valence electrons. The first-order valence-electron chi connectivity index (χ1n) is 8.93. The van der Waals surface area contributed by atoms with Crippen molar-refractivity contribution in [1.82, 2.24) is 15.0 Å². The van der Waals surface area contributed by atoms with E-state index < -0.39 is 11.7 Å². The number of hydrogen-bond acceptors (Lipinski definition) is 3. The van der Waals surface area contributed by atoms with Gasteiger partial charge in [0.1, 0.15) is 11.5 Å². The Morgan fingerprint density at radius 3 is 2.41 bits per heavy atom. The summed E-state index contributed by atoms with van der Waals surface area (Å²) in [6.07, 6.45) is 1.34. The van der Waals surface area contributed by atoms with Gasteiger partial charge in [0.05, 0.1) is 10.9 Å². The van der Waals surface area contributed by atoms with Gasteiger partial charge in [-0.25, -0.2) is 4.98 Å². The van der Waals surface area contributed by atoms with Crippen LogP contribution in [0.25, 0.3) is 11.0 Å². The standard InChI is InChI=1S/C21H17F3N4O/c22-21(23,24)16-4-1-13(2-5-16)10-26-18-6-3-14(11-27-18)9-15-12-28-20-19(15)17(29)7-8-25-20/h1-8,11-12H,9-10H2,(H,26,27)(H2,25,28,29). The van der Waals surface area contributed by atoms with Crippen LogP contribution < -0.4 is 10.7 Å². The zero-order valence-corrected chi connectivity index (χ0v) is 15.2. The van der Waals surface area contributed by atoms with Crippen LogP contribution in [0.2, 0.25) is 0 Å². The molecule has 8 heteroatoms. The maximum Gasteiger partial charge on any atom is 0.416 e. The summed E-state index contributed by atoms with van der Waals surface area (Å²) in [5, 5.41) is 3.73. The fourth-order valence-corrected chi connectivity index (χ4v) is 3.14. The summed E-state index contributed by atoms with van der Waals surface area (Å²) in [5.74, 6) is 0.616. The number of nitrogens with zero attached hydrogens (tertiary/aromatic N) is 1. The first-order chi connectivity index (χ1) is 13.9. The highest BCUT2D eigenvalue weighted by Gasteiger charge is 2.29.